The summed E-state index contributed by atoms with van der Waals surface area (Å²) in [6.07, 6.45) is -0.897. The topological polar surface area (TPSA) is 21.3 Å². The largest absolute Gasteiger partial charge is 0.377 e. The van der Waals surface area contributed by atoms with E-state index in [0.29, 0.717) is 6.61 Å². The lowest BCUT2D eigenvalue weighted by molar-refractivity contribution is 0.173. The van der Waals surface area contributed by atoms with E-state index >= 15 is 0 Å². The third-order valence-electron chi connectivity index (χ3n) is 2.58. The molecule has 1 aliphatic heterocycles. The number of hydrogen-bond acceptors (Lipinski definition) is 2. The zero-order valence-corrected chi connectivity index (χ0v) is 9.09. The standard InChI is InChI=1S/C12H16FNO/c1-8-3-9(2)5-10(4-8)14-12-7-15-6-11(12)13/h3-5,11-12,14H,6-7H2,1-2H3/t11-,12-/m1/s1. The zero-order chi connectivity index (χ0) is 10.8. The summed E-state index contributed by atoms with van der Waals surface area (Å²) in [6, 6.07) is 5.95. The molecule has 1 saturated heterocycles. The highest BCUT2D eigenvalue weighted by Crippen LogP contribution is 2.19. The van der Waals surface area contributed by atoms with Crippen LogP contribution < -0.4 is 5.32 Å². The van der Waals surface area contributed by atoms with Crippen molar-refractivity contribution in [2.24, 2.45) is 0 Å². The Bertz CT molecular complexity index is 333. The molecule has 2 atom stereocenters. The van der Waals surface area contributed by atoms with Gasteiger partial charge in [-0.1, -0.05) is 6.07 Å². The first-order valence-electron chi connectivity index (χ1n) is 5.22. The van der Waals surface area contributed by atoms with Crippen LogP contribution in [0.1, 0.15) is 11.1 Å². The molecule has 1 heterocycles. The summed E-state index contributed by atoms with van der Waals surface area (Å²) in [7, 11) is 0. The van der Waals surface area contributed by atoms with Crippen LogP contribution in [0.25, 0.3) is 0 Å². The van der Waals surface area contributed by atoms with Gasteiger partial charge < -0.3 is 10.1 Å². The molecule has 1 aromatic rings. The summed E-state index contributed by atoms with van der Waals surface area (Å²) < 4.78 is 18.4. The molecule has 15 heavy (non-hydrogen) atoms. The fourth-order valence-corrected chi connectivity index (χ4v) is 1.93. The van der Waals surface area contributed by atoms with Crippen LogP contribution in [0, 0.1) is 13.8 Å². The van der Waals surface area contributed by atoms with Gasteiger partial charge in [-0.15, -0.1) is 0 Å². The minimum Gasteiger partial charge on any atom is -0.377 e. The number of nitrogens with one attached hydrogen (secondary N) is 1. The van der Waals surface area contributed by atoms with Gasteiger partial charge in [0.05, 0.1) is 19.3 Å². The van der Waals surface area contributed by atoms with Crippen LogP contribution in [-0.4, -0.2) is 25.4 Å². The predicted octanol–water partition coefficient (Wildman–Crippen LogP) is 2.45. The van der Waals surface area contributed by atoms with E-state index in [1.165, 1.54) is 11.1 Å². The summed E-state index contributed by atoms with van der Waals surface area (Å²) in [5.41, 5.74) is 3.35. The van der Waals surface area contributed by atoms with Gasteiger partial charge in [0.2, 0.25) is 0 Å². The van der Waals surface area contributed by atoms with Crippen LogP contribution in [0.15, 0.2) is 18.2 Å². The third kappa shape index (κ3) is 2.48. The van der Waals surface area contributed by atoms with Crippen molar-refractivity contribution in [3.63, 3.8) is 0 Å². The summed E-state index contributed by atoms with van der Waals surface area (Å²) in [5, 5.41) is 3.17. The van der Waals surface area contributed by atoms with Crippen LogP contribution in [0.2, 0.25) is 0 Å². The van der Waals surface area contributed by atoms with E-state index in [1.54, 1.807) is 0 Å². The van der Waals surface area contributed by atoms with E-state index in [2.05, 4.69) is 11.4 Å². The number of alkyl halides is 1. The molecule has 0 spiro atoms. The third-order valence-corrected chi connectivity index (χ3v) is 2.58. The summed E-state index contributed by atoms with van der Waals surface area (Å²) in [6.45, 7) is 4.74. The number of ether oxygens (including phenoxy) is 1. The van der Waals surface area contributed by atoms with E-state index < -0.39 is 6.17 Å². The van der Waals surface area contributed by atoms with E-state index in [1.807, 2.05) is 26.0 Å². The first-order chi connectivity index (χ1) is 7.15. The Balaban J connectivity index is 2.10. The Morgan fingerprint density at radius 2 is 1.87 bits per heavy atom. The highest BCUT2D eigenvalue weighted by molar-refractivity contribution is 5.49. The number of halogens is 1. The maximum absolute atomic E-state index is 13.3. The van der Waals surface area contributed by atoms with Gasteiger partial charge in [-0.25, -0.2) is 4.39 Å². The second-order valence-corrected chi connectivity index (χ2v) is 4.18. The Morgan fingerprint density at radius 3 is 2.40 bits per heavy atom. The van der Waals surface area contributed by atoms with Crippen molar-refractivity contribution < 1.29 is 9.13 Å². The molecule has 0 saturated carbocycles. The van der Waals surface area contributed by atoms with E-state index in [9.17, 15) is 4.39 Å². The lowest BCUT2D eigenvalue weighted by Crippen LogP contribution is -2.28. The van der Waals surface area contributed by atoms with Gasteiger partial charge in [0.15, 0.2) is 0 Å². The minimum absolute atomic E-state index is 0.203. The summed E-state index contributed by atoms with van der Waals surface area (Å²) >= 11 is 0. The van der Waals surface area contributed by atoms with Crippen molar-refractivity contribution in [2.75, 3.05) is 18.5 Å². The van der Waals surface area contributed by atoms with E-state index in [4.69, 9.17) is 4.74 Å². The van der Waals surface area contributed by atoms with Crippen molar-refractivity contribution in [1.29, 1.82) is 0 Å². The highest BCUT2D eigenvalue weighted by Gasteiger charge is 2.27. The average Bonchev–Trinajstić information content (AvgIpc) is 2.50. The molecule has 2 nitrogen and oxygen atoms in total. The molecule has 1 N–H and O–H groups in total. The maximum atomic E-state index is 13.3. The number of rotatable bonds is 2. The fourth-order valence-electron chi connectivity index (χ4n) is 1.93. The molecular formula is C12H16FNO. The SMILES string of the molecule is Cc1cc(C)cc(N[C@@H]2COC[C@H]2F)c1. The van der Waals surface area contributed by atoms with Crippen LogP contribution in [0.4, 0.5) is 10.1 Å². The zero-order valence-electron chi connectivity index (χ0n) is 9.09. The summed E-state index contributed by atoms with van der Waals surface area (Å²) in [4.78, 5) is 0. The quantitative estimate of drug-likeness (QED) is 0.807. The molecule has 0 aromatic heterocycles. The number of hydrogen-bond donors (Lipinski definition) is 1. The molecule has 3 heteroatoms. The molecule has 0 aliphatic carbocycles. The minimum atomic E-state index is -0.897. The molecule has 0 unspecified atom stereocenters. The van der Waals surface area contributed by atoms with Gasteiger partial charge in [-0.2, -0.15) is 0 Å². The monoisotopic (exact) mass is 209 g/mol. The number of aryl methyl sites for hydroxylation is 2. The first kappa shape index (κ1) is 10.4. The van der Waals surface area contributed by atoms with Crippen LogP contribution in [0.5, 0.6) is 0 Å². The molecule has 2 rings (SSSR count). The Labute approximate surface area is 89.4 Å². The van der Waals surface area contributed by atoms with Gasteiger partial charge in [0.1, 0.15) is 6.17 Å². The summed E-state index contributed by atoms with van der Waals surface area (Å²) in [5.74, 6) is 0. The molecule has 1 fully saturated rings. The first-order valence-corrected chi connectivity index (χ1v) is 5.22. The van der Waals surface area contributed by atoms with Crippen molar-refractivity contribution in [3.05, 3.63) is 29.3 Å². The maximum Gasteiger partial charge on any atom is 0.146 e. The number of anilines is 1. The normalized spacial score (nSPS) is 25.5. The number of benzene rings is 1. The average molecular weight is 209 g/mol. The second kappa shape index (κ2) is 4.19. The predicted molar refractivity (Wildman–Crippen MR) is 59.0 cm³/mol. The Hall–Kier alpha value is -1.09. The van der Waals surface area contributed by atoms with Gasteiger partial charge in [0.25, 0.3) is 0 Å². The molecule has 0 amide bonds. The highest BCUT2D eigenvalue weighted by atomic mass is 19.1. The van der Waals surface area contributed by atoms with Gasteiger partial charge in [-0.3, -0.25) is 0 Å². The molecule has 0 radical (unpaired) electrons. The van der Waals surface area contributed by atoms with Crippen LogP contribution in [-0.2, 0) is 4.74 Å². The lowest BCUT2D eigenvalue weighted by Gasteiger charge is -2.15. The van der Waals surface area contributed by atoms with Crippen LogP contribution in [0.3, 0.4) is 0 Å². The lowest BCUT2D eigenvalue weighted by atomic mass is 10.1. The molecule has 1 aromatic carbocycles. The molecular weight excluding hydrogens is 193 g/mol. The molecule has 82 valence electrons. The van der Waals surface area contributed by atoms with Crippen molar-refractivity contribution in [1.82, 2.24) is 0 Å². The van der Waals surface area contributed by atoms with Gasteiger partial charge in [0, 0.05) is 5.69 Å². The molecule has 0 bridgehead atoms. The van der Waals surface area contributed by atoms with Crippen molar-refractivity contribution in [3.8, 4) is 0 Å². The smallest absolute Gasteiger partial charge is 0.146 e. The van der Waals surface area contributed by atoms with Gasteiger partial charge in [-0.05, 0) is 37.1 Å². The van der Waals surface area contributed by atoms with Crippen molar-refractivity contribution in [2.45, 2.75) is 26.1 Å². The Morgan fingerprint density at radius 1 is 1.20 bits per heavy atom. The van der Waals surface area contributed by atoms with E-state index in [0.717, 1.165) is 5.69 Å². The second-order valence-electron chi connectivity index (χ2n) is 4.18. The fraction of sp³-hybridized carbons (Fsp3) is 0.500. The van der Waals surface area contributed by atoms with Crippen LogP contribution >= 0.6 is 0 Å². The van der Waals surface area contributed by atoms with E-state index in [-0.39, 0.29) is 12.6 Å². The van der Waals surface area contributed by atoms with Crippen molar-refractivity contribution >= 4 is 5.69 Å². The van der Waals surface area contributed by atoms with Gasteiger partial charge >= 0.3 is 0 Å². The molecule has 1 aliphatic rings. The Kier molecular flexibility index (Phi) is 2.91.